The molecule has 0 saturated heterocycles. The maximum atomic E-state index is 11.7. The maximum absolute atomic E-state index is 11.7. The predicted octanol–water partition coefficient (Wildman–Crippen LogP) is 0.592. The number of nitrogens with one attached hydrogen (secondary N) is 1. The molecule has 0 saturated carbocycles. The second-order valence-corrected chi connectivity index (χ2v) is 5.26. The molecule has 1 aromatic rings. The number of nitrogens with zero attached hydrogens (tertiary/aromatic N) is 2. The van der Waals surface area contributed by atoms with Gasteiger partial charge in [-0.25, -0.2) is 0 Å². The van der Waals surface area contributed by atoms with Gasteiger partial charge in [-0.15, -0.1) is 0 Å². The predicted molar refractivity (Wildman–Crippen MR) is 85.8 cm³/mol. The lowest BCUT2D eigenvalue weighted by molar-refractivity contribution is -0.129. The van der Waals surface area contributed by atoms with Crippen LogP contribution < -0.4 is 10.1 Å². The molecular weight excluding hydrogens is 282 g/mol. The summed E-state index contributed by atoms with van der Waals surface area (Å²) in [6.45, 7) is 3.88. The summed E-state index contributed by atoms with van der Waals surface area (Å²) in [4.78, 5) is 26.9. The van der Waals surface area contributed by atoms with Crippen molar-refractivity contribution >= 4 is 11.8 Å². The van der Waals surface area contributed by atoms with Crippen LogP contribution in [0, 0.1) is 0 Å². The molecule has 0 heterocycles. The minimum Gasteiger partial charge on any atom is -0.484 e. The van der Waals surface area contributed by atoms with Crippen molar-refractivity contribution in [1.82, 2.24) is 15.1 Å². The molecule has 22 heavy (non-hydrogen) atoms. The molecule has 1 N–H and O–H groups in total. The van der Waals surface area contributed by atoms with E-state index in [9.17, 15) is 9.59 Å². The zero-order chi connectivity index (χ0) is 16.4. The van der Waals surface area contributed by atoms with Gasteiger partial charge in [0.1, 0.15) is 5.75 Å². The number of carbonyl (C=O) groups excluding carboxylic acids is 2. The minimum atomic E-state index is -0.194. The summed E-state index contributed by atoms with van der Waals surface area (Å²) in [5.41, 5.74) is 0. The van der Waals surface area contributed by atoms with Crippen LogP contribution in [-0.4, -0.2) is 68.5 Å². The lowest BCUT2D eigenvalue weighted by atomic mass is 10.3. The summed E-state index contributed by atoms with van der Waals surface area (Å²) in [5, 5.41) is 2.75. The lowest BCUT2D eigenvalue weighted by Gasteiger charge is -2.23. The maximum Gasteiger partial charge on any atom is 0.258 e. The molecule has 0 aliphatic carbocycles. The SMILES string of the molecule is CC(=O)N(CCNC(=O)COc1ccccc1)CCN(C)C. The van der Waals surface area contributed by atoms with Gasteiger partial charge in [-0.2, -0.15) is 0 Å². The number of ether oxygens (including phenoxy) is 1. The molecule has 0 unspecified atom stereocenters. The van der Waals surface area contributed by atoms with Gasteiger partial charge in [0.15, 0.2) is 6.61 Å². The second kappa shape index (κ2) is 9.78. The first kappa shape index (κ1) is 18.0. The average Bonchev–Trinajstić information content (AvgIpc) is 2.49. The molecule has 0 fully saturated rings. The molecule has 0 atom stereocenters. The average molecular weight is 307 g/mol. The van der Waals surface area contributed by atoms with E-state index in [1.54, 1.807) is 17.0 Å². The normalized spacial score (nSPS) is 10.4. The Morgan fingerprint density at radius 2 is 1.77 bits per heavy atom. The van der Waals surface area contributed by atoms with E-state index >= 15 is 0 Å². The molecule has 0 bridgehead atoms. The van der Waals surface area contributed by atoms with Gasteiger partial charge >= 0.3 is 0 Å². The van der Waals surface area contributed by atoms with Crippen LogP contribution in [0.4, 0.5) is 0 Å². The van der Waals surface area contributed by atoms with Crippen LogP contribution in [0.15, 0.2) is 30.3 Å². The Morgan fingerprint density at radius 1 is 1.09 bits per heavy atom. The van der Waals surface area contributed by atoms with Crippen LogP contribution in [-0.2, 0) is 9.59 Å². The molecule has 1 aromatic carbocycles. The largest absolute Gasteiger partial charge is 0.484 e. The quantitative estimate of drug-likeness (QED) is 0.725. The van der Waals surface area contributed by atoms with Crippen molar-refractivity contribution < 1.29 is 14.3 Å². The van der Waals surface area contributed by atoms with Crippen LogP contribution in [0.2, 0.25) is 0 Å². The van der Waals surface area contributed by atoms with Crippen molar-refractivity contribution in [3.05, 3.63) is 30.3 Å². The van der Waals surface area contributed by atoms with Crippen molar-refractivity contribution in [3.8, 4) is 5.75 Å². The highest BCUT2D eigenvalue weighted by Gasteiger charge is 2.09. The highest BCUT2D eigenvalue weighted by atomic mass is 16.5. The van der Waals surface area contributed by atoms with E-state index < -0.39 is 0 Å². The Bertz CT molecular complexity index is 463. The zero-order valence-electron chi connectivity index (χ0n) is 13.5. The number of hydrogen-bond acceptors (Lipinski definition) is 4. The van der Waals surface area contributed by atoms with E-state index in [2.05, 4.69) is 5.32 Å². The second-order valence-electron chi connectivity index (χ2n) is 5.26. The minimum absolute atomic E-state index is 0.0108. The van der Waals surface area contributed by atoms with Gasteiger partial charge in [0.25, 0.3) is 5.91 Å². The first-order chi connectivity index (χ1) is 10.5. The molecule has 0 aromatic heterocycles. The van der Waals surface area contributed by atoms with Crippen molar-refractivity contribution in [2.45, 2.75) is 6.92 Å². The molecule has 0 spiro atoms. The molecule has 122 valence electrons. The summed E-state index contributed by atoms with van der Waals surface area (Å²) < 4.78 is 5.35. The van der Waals surface area contributed by atoms with Crippen LogP contribution in [0.25, 0.3) is 0 Å². The van der Waals surface area contributed by atoms with Gasteiger partial charge in [0, 0.05) is 33.1 Å². The summed E-state index contributed by atoms with van der Waals surface area (Å²) in [6, 6.07) is 9.18. The van der Waals surface area contributed by atoms with Gasteiger partial charge in [-0.3, -0.25) is 9.59 Å². The topological polar surface area (TPSA) is 61.9 Å². The smallest absolute Gasteiger partial charge is 0.258 e. The zero-order valence-corrected chi connectivity index (χ0v) is 13.5. The van der Waals surface area contributed by atoms with Crippen LogP contribution in [0.3, 0.4) is 0 Å². The van der Waals surface area contributed by atoms with E-state index in [1.807, 2.05) is 37.2 Å². The first-order valence-corrected chi connectivity index (χ1v) is 7.34. The monoisotopic (exact) mass is 307 g/mol. The Labute approximate surface area is 132 Å². The van der Waals surface area contributed by atoms with E-state index in [-0.39, 0.29) is 18.4 Å². The summed E-state index contributed by atoms with van der Waals surface area (Å²) in [5.74, 6) is 0.477. The Kier molecular flexibility index (Phi) is 7.99. The third-order valence-electron chi connectivity index (χ3n) is 3.08. The van der Waals surface area contributed by atoms with Gasteiger partial charge in [0.05, 0.1) is 0 Å². The first-order valence-electron chi connectivity index (χ1n) is 7.34. The van der Waals surface area contributed by atoms with Gasteiger partial charge in [-0.05, 0) is 26.2 Å². The number of rotatable bonds is 9. The molecule has 6 nitrogen and oxygen atoms in total. The molecular formula is C16H25N3O3. The summed E-state index contributed by atoms with van der Waals surface area (Å²) in [7, 11) is 3.92. The van der Waals surface area contributed by atoms with E-state index in [0.717, 1.165) is 6.54 Å². The number of likely N-dealkylation sites (N-methyl/N-ethyl adjacent to an activating group) is 1. The number of hydrogen-bond donors (Lipinski definition) is 1. The van der Waals surface area contributed by atoms with Crippen LogP contribution in [0.5, 0.6) is 5.75 Å². The third-order valence-corrected chi connectivity index (χ3v) is 3.08. The summed E-state index contributed by atoms with van der Waals surface area (Å²) in [6.07, 6.45) is 0. The van der Waals surface area contributed by atoms with Crippen LogP contribution in [0.1, 0.15) is 6.92 Å². The Balaban J connectivity index is 2.23. The van der Waals surface area contributed by atoms with E-state index in [4.69, 9.17) is 4.74 Å². The van der Waals surface area contributed by atoms with Gasteiger partial charge in [-0.1, -0.05) is 18.2 Å². The fourth-order valence-corrected chi connectivity index (χ4v) is 1.79. The molecule has 0 aliphatic rings. The van der Waals surface area contributed by atoms with Crippen molar-refractivity contribution in [3.63, 3.8) is 0 Å². The van der Waals surface area contributed by atoms with Gasteiger partial charge < -0.3 is 19.9 Å². The standard InChI is InChI=1S/C16H25N3O3/c1-14(20)19(12-11-18(2)3)10-9-17-16(21)13-22-15-7-5-4-6-8-15/h4-8H,9-13H2,1-3H3,(H,17,21). The Hall–Kier alpha value is -2.08. The Morgan fingerprint density at radius 3 is 2.36 bits per heavy atom. The highest BCUT2D eigenvalue weighted by Crippen LogP contribution is 2.07. The molecule has 6 heteroatoms. The van der Waals surface area contributed by atoms with E-state index in [1.165, 1.54) is 6.92 Å². The van der Waals surface area contributed by atoms with Crippen molar-refractivity contribution in [1.29, 1.82) is 0 Å². The van der Waals surface area contributed by atoms with Crippen LogP contribution >= 0.6 is 0 Å². The van der Waals surface area contributed by atoms with Gasteiger partial charge in [0.2, 0.25) is 5.91 Å². The number of amides is 2. The number of carbonyl (C=O) groups is 2. The molecule has 1 rings (SSSR count). The molecule has 0 aliphatic heterocycles. The van der Waals surface area contributed by atoms with Crippen molar-refractivity contribution in [2.75, 3.05) is 46.9 Å². The fraction of sp³-hybridized carbons (Fsp3) is 0.500. The summed E-state index contributed by atoms with van der Waals surface area (Å²) >= 11 is 0. The number of para-hydroxylation sites is 1. The van der Waals surface area contributed by atoms with E-state index in [0.29, 0.717) is 25.4 Å². The molecule has 2 amide bonds. The lowest BCUT2D eigenvalue weighted by Crippen LogP contribution is -2.41. The highest BCUT2D eigenvalue weighted by molar-refractivity contribution is 5.77. The van der Waals surface area contributed by atoms with Crippen molar-refractivity contribution in [2.24, 2.45) is 0 Å². The third kappa shape index (κ3) is 7.64. The fourth-order valence-electron chi connectivity index (χ4n) is 1.79. The number of benzene rings is 1. The molecule has 0 radical (unpaired) electrons.